The average molecular weight is 653 g/mol. The van der Waals surface area contributed by atoms with Gasteiger partial charge in [-0.05, 0) is 73.9 Å². The maximum atomic E-state index is 14.5. The van der Waals surface area contributed by atoms with Crippen molar-refractivity contribution < 1.29 is 18.0 Å². The second kappa shape index (κ2) is 14.3. The Hall–Kier alpha value is -3.85. The maximum Gasteiger partial charge on any atom is 0.264 e. The number of hydrogen-bond acceptors (Lipinski definition) is 4. The zero-order chi connectivity index (χ0) is 32.0. The van der Waals surface area contributed by atoms with Crippen LogP contribution in [-0.2, 0) is 32.6 Å². The highest BCUT2D eigenvalue weighted by Crippen LogP contribution is 2.30. The van der Waals surface area contributed by atoms with Crippen LogP contribution in [0.1, 0.15) is 27.8 Å². The van der Waals surface area contributed by atoms with Crippen LogP contribution in [0, 0.1) is 20.8 Å². The van der Waals surface area contributed by atoms with Gasteiger partial charge in [-0.15, -0.1) is 0 Å². The molecular formula is C34H35Cl2N3O4S. The van der Waals surface area contributed by atoms with Crippen molar-refractivity contribution in [2.45, 2.75) is 44.7 Å². The van der Waals surface area contributed by atoms with Gasteiger partial charge in [-0.3, -0.25) is 13.9 Å². The molecular weight excluding hydrogens is 617 g/mol. The molecule has 0 saturated heterocycles. The lowest BCUT2D eigenvalue weighted by Gasteiger charge is -2.34. The minimum atomic E-state index is -4.20. The Kier molecular flexibility index (Phi) is 10.7. The van der Waals surface area contributed by atoms with E-state index in [0.717, 1.165) is 26.6 Å². The Labute approximate surface area is 269 Å². The fourth-order valence-electron chi connectivity index (χ4n) is 5.04. The number of benzene rings is 4. The molecule has 0 saturated carbocycles. The molecule has 4 aromatic carbocycles. The van der Waals surface area contributed by atoms with Crippen molar-refractivity contribution in [3.8, 4) is 0 Å². The van der Waals surface area contributed by atoms with E-state index >= 15 is 0 Å². The number of likely N-dealkylation sites (N-methyl/N-ethyl adjacent to an activating group) is 1. The first-order valence-corrected chi connectivity index (χ1v) is 16.3. The predicted molar refractivity (Wildman–Crippen MR) is 177 cm³/mol. The van der Waals surface area contributed by atoms with E-state index in [1.165, 1.54) is 24.1 Å². The fraction of sp³-hybridized carbons (Fsp3) is 0.235. The number of amides is 2. The molecule has 0 aliphatic heterocycles. The zero-order valence-electron chi connectivity index (χ0n) is 25.1. The number of nitrogens with one attached hydrogen (secondary N) is 1. The first-order chi connectivity index (χ1) is 20.9. The summed E-state index contributed by atoms with van der Waals surface area (Å²) in [5, 5.41) is 3.31. The topological polar surface area (TPSA) is 86.8 Å². The molecule has 230 valence electrons. The van der Waals surface area contributed by atoms with E-state index in [2.05, 4.69) is 5.32 Å². The van der Waals surface area contributed by atoms with Crippen LogP contribution in [-0.4, -0.2) is 44.8 Å². The standard InChI is InChI=1S/C34H35Cl2N3O4S/c1-23-13-15-28(16-14-23)44(42,43)39(27-18-24(2)17-25(3)19-27)22-33(40)38(21-29-30(35)11-8-12-31(29)36)32(34(41)37-4)20-26-9-6-5-7-10-26/h5-19,32H,20-22H2,1-4H3,(H,37,41). The van der Waals surface area contributed by atoms with Crippen LogP contribution in [0.3, 0.4) is 0 Å². The minimum absolute atomic E-state index is 0.0443. The van der Waals surface area contributed by atoms with Crippen molar-refractivity contribution in [2.75, 3.05) is 17.9 Å². The lowest BCUT2D eigenvalue weighted by Crippen LogP contribution is -2.53. The van der Waals surface area contributed by atoms with Crippen LogP contribution >= 0.6 is 23.2 Å². The van der Waals surface area contributed by atoms with Crippen molar-refractivity contribution in [3.05, 3.63) is 129 Å². The number of carbonyl (C=O) groups is 2. The van der Waals surface area contributed by atoms with Gasteiger partial charge in [0.15, 0.2) is 0 Å². The van der Waals surface area contributed by atoms with Gasteiger partial charge in [0.1, 0.15) is 12.6 Å². The molecule has 0 fully saturated rings. The van der Waals surface area contributed by atoms with Crippen LogP contribution < -0.4 is 9.62 Å². The summed E-state index contributed by atoms with van der Waals surface area (Å²) in [4.78, 5) is 29.3. The number of nitrogens with zero attached hydrogens (tertiary/aromatic N) is 2. The molecule has 0 aliphatic rings. The number of hydrogen-bond donors (Lipinski definition) is 1. The highest BCUT2D eigenvalue weighted by Gasteiger charge is 2.35. The first-order valence-electron chi connectivity index (χ1n) is 14.1. The van der Waals surface area contributed by atoms with Crippen molar-refractivity contribution in [3.63, 3.8) is 0 Å². The minimum Gasteiger partial charge on any atom is -0.357 e. The van der Waals surface area contributed by atoms with Crippen LogP contribution in [0.4, 0.5) is 5.69 Å². The first kappa shape index (κ1) is 33.1. The van der Waals surface area contributed by atoms with Gasteiger partial charge >= 0.3 is 0 Å². The van der Waals surface area contributed by atoms with Gasteiger partial charge < -0.3 is 10.2 Å². The summed E-state index contributed by atoms with van der Waals surface area (Å²) < 4.78 is 29.5. The number of aryl methyl sites for hydroxylation is 3. The number of rotatable bonds is 11. The van der Waals surface area contributed by atoms with Gasteiger partial charge in [-0.2, -0.15) is 0 Å². The summed E-state index contributed by atoms with van der Waals surface area (Å²) in [6.45, 7) is 4.91. The normalized spacial score (nSPS) is 12.0. The third-order valence-electron chi connectivity index (χ3n) is 7.29. The SMILES string of the molecule is CNC(=O)C(Cc1ccccc1)N(Cc1c(Cl)cccc1Cl)C(=O)CN(c1cc(C)cc(C)c1)S(=O)(=O)c1ccc(C)cc1. The summed E-state index contributed by atoms with van der Waals surface area (Å²) in [7, 11) is -2.70. The summed E-state index contributed by atoms with van der Waals surface area (Å²) >= 11 is 13.1. The van der Waals surface area contributed by atoms with Gasteiger partial charge in [0, 0.05) is 35.6 Å². The van der Waals surface area contributed by atoms with E-state index < -0.39 is 34.4 Å². The Morgan fingerprint density at radius 3 is 1.95 bits per heavy atom. The van der Waals surface area contributed by atoms with E-state index in [9.17, 15) is 18.0 Å². The van der Waals surface area contributed by atoms with Gasteiger partial charge in [0.2, 0.25) is 11.8 Å². The summed E-state index contributed by atoms with van der Waals surface area (Å²) in [6.07, 6.45) is 0.183. The molecule has 0 heterocycles. The van der Waals surface area contributed by atoms with Crippen LogP contribution in [0.15, 0.2) is 95.9 Å². The van der Waals surface area contributed by atoms with E-state index in [1.54, 1.807) is 42.5 Å². The van der Waals surface area contributed by atoms with Crippen molar-refractivity contribution in [1.29, 1.82) is 0 Å². The van der Waals surface area contributed by atoms with E-state index in [1.807, 2.05) is 57.2 Å². The van der Waals surface area contributed by atoms with Crippen LogP contribution in [0.25, 0.3) is 0 Å². The highest BCUT2D eigenvalue weighted by molar-refractivity contribution is 7.92. The molecule has 0 aliphatic carbocycles. The quantitative estimate of drug-likeness (QED) is 0.201. The van der Waals surface area contributed by atoms with Crippen molar-refractivity contribution in [2.24, 2.45) is 0 Å². The van der Waals surface area contributed by atoms with Gasteiger partial charge in [-0.1, -0.05) is 83.4 Å². The van der Waals surface area contributed by atoms with Crippen LogP contribution in [0.5, 0.6) is 0 Å². The monoisotopic (exact) mass is 651 g/mol. The smallest absolute Gasteiger partial charge is 0.264 e. The lowest BCUT2D eigenvalue weighted by molar-refractivity contribution is -0.139. The van der Waals surface area contributed by atoms with Crippen LogP contribution in [0.2, 0.25) is 10.0 Å². The largest absolute Gasteiger partial charge is 0.357 e. The summed E-state index contributed by atoms with van der Waals surface area (Å²) in [6, 6.07) is 25.1. The number of halogens is 2. The Bertz CT molecular complexity index is 1710. The molecule has 0 aromatic heterocycles. The molecule has 4 aromatic rings. The summed E-state index contributed by atoms with van der Waals surface area (Å²) in [5.74, 6) is -1.01. The van der Waals surface area contributed by atoms with E-state index in [0.29, 0.717) is 21.3 Å². The molecule has 1 atom stereocenters. The predicted octanol–water partition coefficient (Wildman–Crippen LogP) is 6.50. The number of sulfonamides is 1. The molecule has 10 heteroatoms. The average Bonchev–Trinajstić information content (AvgIpc) is 2.98. The third kappa shape index (κ3) is 7.80. The third-order valence-corrected chi connectivity index (χ3v) is 9.79. The molecule has 44 heavy (non-hydrogen) atoms. The fourth-order valence-corrected chi connectivity index (χ4v) is 6.95. The Balaban J connectivity index is 1.84. The maximum absolute atomic E-state index is 14.5. The molecule has 1 N–H and O–H groups in total. The Morgan fingerprint density at radius 2 is 1.39 bits per heavy atom. The molecule has 4 rings (SSSR count). The van der Waals surface area contributed by atoms with Gasteiger partial charge in [0.05, 0.1) is 10.6 Å². The zero-order valence-corrected chi connectivity index (χ0v) is 27.4. The Morgan fingerprint density at radius 1 is 0.795 bits per heavy atom. The molecule has 2 amide bonds. The molecule has 0 radical (unpaired) electrons. The van der Waals surface area contributed by atoms with E-state index in [-0.39, 0.29) is 17.9 Å². The van der Waals surface area contributed by atoms with Crippen molar-refractivity contribution >= 4 is 50.7 Å². The van der Waals surface area contributed by atoms with E-state index in [4.69, 9.17) is 23.2 Å². The second-order valence-electron chi connectivity index (χ2n) is 10.7. The molecule has 0 spiro atoms. The van der Waals surface area contributed by atoms with Gasteiger partial charge in [0.25, 0.3) is 10.0 Å². The highest BCUT2D eigenvalue weighted by atomic mass is 35.5. The number of carbonyl (C=O) groups excluding carboxylic acids is 2. The van der Waals surface area contributed by atoms with Gasteiger partial charge in [-0.25, -0.2) is 8.42 Å². The number of anilines is 1. The molecule has 0 bridgehead atoms. The lowest BCUT2D eigenvalue weighted by atomic mass is 10.0. The molecule has 1 unspecified atom stereocenters. The van der Waals surface area contributed by atoms with Crippen molar-refractivity contribution in [1.82, 2.24) is 10.2 Å². The summed E-state index contributed by atoms with van der Waals surface area (Å²) in [5.41, 5.74) is 4.18. The second-order valence-corrected chi connectivity index (χ2v) is 13.4. The molecule has 7 nitrogen and oxygen atoms in total.